The van der Waals surface area contributed by atoms with Crippen LogP contribution in [0.5, 0.6) is 0 Å². The van der Waals surface area contributed by atoms with Crippen molar-refractivity contribution in [2.75, 3.05) is 0 Å². The van der Waals surface area contributed by atoms with E-state index in [-0.39, 0.29) is 16.7 Å². The SMILES string of the molecule is Cn1nc(C(=O)N/N=C/c2cccc(C(F)(F)F)c2)c(=O)c2nc3cc(Cl)ccc3nc21. The number of nitrogens with one attached hydrogen (secondary N) is 1. The van der Waals surface area contributed by atoms with Gasteiger partial charge in [-0.05, 0) is 35.9 Å². The van der Waals surface area contributed by atoms with Crippen LogP contribution in [0.15, 0.2) is 52.4 Å². The third-order valence-corrected chi connectivity index (χ3v) is 4.64. The maximum absolute atomic E-state index is 12.8. The molecule has 2 aromatic carbocycles. The molecule has 0 aliphatic heterocycles. The van der Waals surface area contributed by atoms with Crippen LogP contribution in [0, 0.1) is 0 Å². The number of hydrazone groups is 1. The normalized spacial score (nSPS) is 12.0. The fourth-order valence-electron chi connectivity index (χ4n) is 2.91. The minimum absolute atomic E-state index is 0.0933. The van der Waals surface area contributed by atoms with Crippen molar-refractivity contribution in [2.24, 2.45) is 12.1 Å². The van der Waals surface area contributed by atoms with Gasteiger partial charge < -0.3 is 0 Å². The molecular weight excluding hydrogens is 449 g/mol. The summed E-state index contributed by atoms with van der Waals surface area (Å²) >= 11 is 5.96. The number of hydrogen-bond acceptors (Lipinski definition) is 6. The second kappa shape index (κ2) is 8.00. The highest BCUT2D eigenvalue weighted by molar-refractivity contribution is 6.31. The van der Waals surface area contributed by atoms with Crippen LogP contribution in [0.25, 0.3) is 22.2 Å². The number of aromatic nitrogens is 4. The van der Waals surface area contributed by atoms with Crippen molar-refractivity contribution in [3.63, 3.8) is 0 Å². The van der Waals surface area contributed by atoms with E-state index < -0.39 is 28.8 Å². The van der Waals surface area contributed by atoms with Crippen LogP contribution in [0.3, 0.4) is 0 Å². The van der Waals surface area contributed by atoms with Gasteiger partial charge in [-0.3, -0.25) is 9.59 Å². The van der Waals surface area contributed by atoms with Crippen LogP contribution >= 0.6 is 11.6 Å². The number of hydrogen-bond donors (Lipinski definition) is 1. The van der Waals surface area contributed by atoms with E-state index in [0.717, 1.165) is 18.3 Å². The number of benzene rings is 2. The summed E-state index contributed by atoms with van der Waals surface area (Å²) in [5, 5.41) is 7.96. The minimum atomic E-state index is -4.51. The first kappa shape index (κ1) is 21.4. The average Bonchev–Trinajstić information content (AvgIpc) is 2.74. The highest BCUT2D eigenvalue weighted by Crippen LogP contribution is 2.29. The van der Waals surface area contributed by atoms with E-state index in [1.54, 1.807) is 12.1 Å². The Morgan fingerprint density at radius 1 is 1.16 bits per heavy atom. The Bertz CT molecular complexity index is 1470. The number of aryl methyl sites for hydroxylation is 1. The largest absolute Gasteiger partial charge is 0.416 e. The predicted molar refractivity (Wildman–Crippen MR) is 112 cm³/mol. The summed E-state index contributed by atoms with van der Waals surface area (Å²) in [5.41, 5.74) is 0.974. The summed E-state index contributed by atoms with van der Waals surface area (Å²) in [5.74, 6) is -0.955. The molecule has 12 heteroatoms. The van der Waals surface area contributed by atoms with Crippen LogP contribution in [-0.2, 0) is 13.2 Å². The topological polar surface area (TPSA) is 102 Å². The van der Waals surface area contributed by atoms with Gasteiger partial charge in [-0.2, -0.15) is 23.4 Å². The van der Waals surface area contributed by atoms with Crippen molar-refractivity contribution in [2.45, 2.75) is 6.18 Å². The molecule has 1 N–H and O–H groups in total. The molecule has 0 aliphatic carbocycles. The molecule has 2 aromatic heterocycles. The summed E-state index contributed by atoms with van der Waals surface area (Å²) in [6, 6.07) is 9.16. The number of nitrogens with zero attached hydrogens (tertiary/aromatic N) is 5. The Kier molecular flexibility index (Phi) is 5.35. The fraction of sp³-hybridized carbons (Fsp3) is 0.100. The molecule has 0 bridgehead atoms. The molecule has 32 heavy (non-hydrogen) atoms. The van der Waals surface area contributed by atoms with Crippen LogP contribution < -0.4 is 10.9 Å². The van der Waals surface area contributed by atoms with Crippen molar-refractivity contribution >= 4 is 45.9 Å². The molecule has 162 valence electrons. The molecule has 0 fully saturated rings. The lowest BCUT2D eigenvalue weighted by Crippen LogP contribution is -2.29. The zero-order valence-corrected chi connectivity index (χ0v) is 16.9. The first-order valence-electron chi connectivity index (χ1n) is 8.98. The zero-order chi connectivity index (χ0) is 23.0. The number of rotatable bonds is 3. The van der Waals surface area contributed by atoms with E-state index in [1.807, 2.05) is 0 Å². The molecule has 0 aliphatic rings. The van der Waals surface area contributed by atoms with Gasteiger partial charge in [0.1, 0.15) is 0 Å². The maximum Gasteiger partial charge on any atom is 0.416 e. The van der Waals surface area contributed by atoms with E-state index >= 15 is 0 Å². The molecular formula is C20H12ClF3N6O2. The molecule has 0 atom stereocenters. The second-order valence-electron chi connectivity index (χ2n) is 6.65. The number of alkyl halides is 3. The van der Waals surface area contributed by atoms with Crippen LogP contribution in [0.1, 0.15) is 21.6 Å². The molecule has 8 nitrogen and oxygen atoms in total. The van der Waals surface area contributed by atoms with Gasteiger partial charge in [0.15, 0.2) is 16.9 Å². The quantitative estimate of drug-likeness (QED) is 0.287. The highest BCUT2D eigenvalue weighted by atomic mass is 35.5. The van der Waals surface area contributed by atoms with Crippen LogP contribution in [0.2, 0.25) is 5.02 Å². The molecule has 0 unspecified atom stereocenters. The lowest BCUT2D eigenvalue weighted by molar-refractivity contribution is -0.137. The van der Waals surface area contributed by atoms with Gasteiger partial charge in [0.05, 0.1) is 22.8 Å². The first-order chi connectivity index (χ1) is 15.1. The van der Waals surface area contributed by atoms with Crippen molar-refractivity contribution in [3.05, 3.63) is 74.5 Å². The second-order valence-corrected chi connectivity index (χ2v) is 7.09. The fourth-order valence-corrected chi connectivity index (χ4v) is 3.08. The van der Waals surface area contributed by atoms with Crippen LogP contribution in [-0.4, -0.2) is 31.9 Å². The zero-order valence-electron chi connectivity index (χ0n) is 16.2. The Morgan fingerprint density at radius 3 is 2.69 bits per heavy atom. The van der Waals surface area contributed by atoms with Gasteiger partial charge in [-0.1, -0.05) is 23.7 Å². The Morgan fingerprint density at radius 2 is 1.94 bits per heavy atom. The van der Waals surface area contributed by atoms with Crippen LogP contribution in [0.4, 0.5) is 13.2 Å². The van der Waals surface area contributed by atoms with E-state index in [9.17, 15) is 22.8 Å². The number of carbonyl (C=O) groups excluding carboxylic acids is 1. The lowest BCUT2D eigenvalue weighted by Gasteiger charge is -2.07. The predicted octanol–water partition coefficient (Wildman–Crippen LogP) is 3.31. The monoisotopic (exact) mass is 460 g/mol. The third-order valence-electron chi connectivity index (χ3n) is 4.40. The lowest BCUT2D eigenvalue weighted by atomic mass is 10.1. The van der Waals surface area contributed by atoms with Gasteiger partial charge in [-0.15, -0.1) is 0 Å². The summed E-state index contributed by atoms with van der Waals surface area (Å²) in [6.45, 7) is 0. The Balaban J connectivity index is 1.65. The number of fused-ring (bicyclic) bond motifs is 2. The summed E-state index contributed by atoms with van der Waals surface area (Å²) in [4.78, 5) is 33.8. The third kappa shape index (κ3) is 4.14. The van der Waals surface area contributed by atoms with Crippen molar-refractivity contribution in [1.29, 1.82) is 0 Å². The van der Waals surface area contributed by atoms with E-state index in [0.29, 0.717) is 16.1 Å². The molecule has 0 radical (unpaired) electrons. The molecule has 4 aromatic rings. The summed E-state index contributed by atoms with van der Waals surface area (Å²) in [6.07, 6.45) is -3.49. The molecule has 0 spiro atoms. The van der Waals surface area contributed by atoms with E-state index in [1.165, 1.54) is 29.9 Å². The van der Waals surface area contributed by atoms with Gasteiger partial charge in [0.25, 0.3) is 5.91 Å². The minimum Gasteiger partial charge on any atom is -0.285 e. The number of amides is 1. The molecule has 1 amide bonds. The maximum atomic E-state index is 12.8. The Hall–Kier alpha value is -3.86. The first-order valence-corrected chi connectivity index (χ1v) is 9.36. The molecule has 0 saturated carbocycles. The van der Waals surface area contributed by atoms with Crippen molar-refractivity contribution in [1.82, 2.24) is 25.2 Å². The molecule has 2 heterocycles. The van der Waals surface area contributed by atoms with Gasteiger partial charge >= 0.3 is 6.18 Å². The van der Waals surface area contributed by atoms with Crippen molar-refractivity contribution < 1.29 is 18.0 Å². The van der Waals surface area contributed by atoms with E-state index in [4.69, 9.17) is 11.6 Å². The molecule has 0 saturated heterocycles. The number of halogens is 4. The molecule has 4 rings (SSSR count). The smallest absolute Gasteiger partial charge is 0.285 e. The highest BCUT2D eigenvalue weighted by Gasteiger charge is 2.30. The Labute approximate surface area is 182 Å². The summed E-state index contributed by atoms with van der Waals surface area (Å²) in [7, 11) is 1.49. The average molecular weight is 461 g/mol. The van der Waals surface area contributed by atoms with Crippen molar-refractivity contribution in [3.8, 4) is 0 Å². The van der Waals surface area contributed by atoms with Gasteiger partial charge in [0, 0.05) is 12.1 Å². The number of carbonyl (C=O) groups is 1. The van der Waals surface area contributed by atoms with E-state index in [2.05, 4.69) is 25.6 Å². The van der Waals surface area contributed by atoms with Gasteiger partial charge in [0.2, 0.25) is 5.43 Å². The summed E-state index contributed by atoms with van der Waals surface area (Å²) < 4.78 is 39.6. The van der Waals surface area contributed by atoms with Gasteiger partial charge in [-0.25, -0.2) is 20.1 Å². The standard InChI is InChI=1S/C20H12ClF3N6O2/c1-30-18-15(26-14-8-12(21)5-6-13(14)27-18)17(31)16(29-30)19(32)28-25-9-10-3-2-4-11(7-10)20(22,23)24/h2-9H,1H3,(H,28,32)/b25-9+.